The molecule has 0 saturated carbocycles. The number of likely N-dealkylation sites (tertiary alicyclic amines) is 1. The number of ether oxygens (including phenoxy) is 1. The van der Waals surface area contributed by atoms with Crippen molar-refractivity contribution in [3.63, 3.8) is 0 Å². The molecule has 3 rings (SSSR count). The van der Waals surface area contributed by atoms with Crippen LogP contribution in [0.3, 0.4) is 0 Å². The average molecular weight is 350 g/mol. The number of piperidine rings is 1. The number of halogens is 1. The van der Waals surface area contributed by atoms with Crippen molar-refractivity contribution >= 4 is 28.7 Å². The van der Waals surface area contributed by atoms with Crippen molar-refractivity contribution in [2.75, 3.05) is 13.1 Å². The molecule has 0 spiro atoms. The standard InChI is InChI=1S/C18H24ClN3O2/c1-18(2,3)24-17(23)21-10-6-7-13(12-21)22-15-9-5-4-8-14(15)20-16(22)11-19/h4-5,8-9,13H,6-7,10-12H2,1-3H3. The number of fused-ring (bicyclic) bond motifs is 1. The Kier molecular flexibility index (Phi) is 4.72. The summed E-state index contributed by atoms with van der Waals surface area (Å²) in [7, 11) is 0. The Morgan fingerprint density at radius 3 is 2.83 bits per heavy atom. The van der Waals surface area contributed by atoms with E-state index in [-0.39, 0.29) is 12.1 Å². The number of hydrogen-bond acceptors (Lipinski definition) is 3. The van der Waals surface area contributed by atoms with Crippen molar-refractivity contribution in [2.24, 2.45) is 0 Å². The summed E-state index contributed by atoms with van der Waals surface area (Å²) in [5.74, 6) is 1.21. The zero-order valence-electron chi connectivity index (χ0n) is 14.5. The third kappa shape index (κ3) is 3.51. The minimum Gasteiger partial charge on any atom is -0.444 e. The Bertz CT molecular complexity index is 735. The fraction of sp³-hybridized carbons (Fsp3) is 0.556. The fourth-order valence-corrected chi connectivity index (χ4v) is 3.44. The van der Waals surface area contributed by atoms with Gasteiger partial charge in [-0.25, -0.2) is 9.78 Å². The lowest BCUT2D eigenvalue weighted by Gasteiger charge is -2.35. The molecule has 1 atom stereocenters. The van der Waals surface area contributed by atoms with Gasteiger partial charge in [-0.2, -0.15) is 0 Å². The summed E-state index contributed by atoms with van der Waals surface area (Å²) in [6, 6.07) is 8.21. The lowest BCUT2D eigenvalue weighted by Crippen LogP contribution is -2.43. The van der Waals surface area contributed by atoms with E-state index in [2.05, 4.69) is 15.6 Å². The van der Waals surface area contributed by atoms with Crippen LogP contribution in [0.5, 0.6) is 0 Å². The van der Waals surface area contributed by atoms with Crippen molar-refractivity contribution in [1.29, 1.82) is 0 Å². The number of carbonyl (C=O) groups is 1. The summed E-state index contributed by atoms with van der Waals surface area (Å²) in [6.45, 7) is 7.03. The van der Waals surface area contributed by atoms with Gasteiger partial charge < -0.3 is 14.2 Å². The van der Waals surface area contributed by atoms with E-state index in [1.54, 1.807) is 4.90 Å². The van der Waals surface area contributed by atoms with Crippen LogP contribution in [0.25, 0.3) is 11.0 Å². The van der Waals surface area contributed by atoms with Crippen molar-refractivity contribution < 1.29 is 9.53 Å². The Labute approximate surface area is 147 Å². The first kappa shape index (κ1) is 17.1. The van der Waals surface area contributed by atoms with Crippen LogP contribution >= 0.6 is 11.6 Å². The maximum atomic E-state index is 12.4. The largest absolute Gasteiger partial charge is 0.444 e. The van der Waals surface area contributed by atoms with Gasteiger partial charge in [0.05, 0.1) is 23.0 Å². The van der Waals surface area contributed by atoms with Gasteiger partial charge in [-0.15, -0.1) is 11.6 Å². The number of amides is 1. The highest BCUT2D eigenvalue weighted by Crippen LogP contribution is 2.29. The highest BCUT2D eigenvalue weighted by molar-refractivity contribution is 6.16. The zero-order chi connectivity index (χ0) is 17.3. The molecule has 0 N–H and O–H groups in total. The molecule has 0 aliphatic carbocycles. The monoisotopic (exact) mass is 349 g/mol. The topological polar surface area (TPSA) is 47.4 Å². The van der Waals surface area contributed by atoms with Crippen LogP contribution in [-0.2, 0) is 10.6 Å². The molecule has 0 bridgehead atoms. The number of rotatable bonds is 2. The van der Waals surface area contributed by atoms with E-state index >= 15 is 0 Å². The minimum absolute atomic E-state index is 0.174. The summed E-state index contributed by atoms with van der Waals surface area (Å²) < 4.78 is 7.72. The van der Waals surface area contributed by atoms with Gasteiger partial charge in [-0.1, -0.05) is 12.1 Å². The molecule has 2 aromatic rings. The van der Waals surface area contributed by atoms with Gasteiger partial charge >= 0.3 is 6.09 Å². The van der Waals surface area contributed by atoms with E-state index < -0.39 is 5.60 Å². The van der Waals surface area contributed by atoms with Crippen molar-refractivity contribution in [3.05, 3.63) is 30.1 Å². The molecule has 2 heterocycles. The third-order valence-corrected chi connectivity index (χ3v) is 4.44. The molecule has 1 fully saturated rings. The highest BCUT2D eigenvalue weighted by atomic mass is 35.5. The molecule has 130 valence electrons. The fourth-order valence-electron chi connectivity index (χ4n) is 3.25. The number of aromatic nitrogens is 2. The molecule has 1 amide bonds. The number of nitrogens with zero attached hydrogens (tertiary/aromatic N) is 3. The van der Waals surface area contributed by atoms with Crippen molar-refractivity contribution in [2.45, 2.75) is 51.1 Å². The lowest BCUT2D eigenvalue weighted by molar-refractivity contribution is 0.0173. The smallest absolute Gasteiger partial charge is 0.410 e. The van der Waals surface area contributed by atoms with Gasteiger partial charge in [0, 0.05) is 13.1 Å². The Hall–Kier alpha value is -1.75. The maximum Gasteiger partial charge on any atom is 0.410 e. The quantitative estimate of drug-likeness (QED) is 0.757. The van der Waals surface area contributed by atoms with E-state index in [0.717, 1.165) is 36.2 Å². The number of hydrogen-bond donors (Lipinski definition) is 0. The van der Waals surface area contributed by atoms with Crippen molar-refractivity contribution in [3.8, 4) is 0 Å². The van der Waals surface area contributed by atoms with E-state index in [0.29, 0.717) is 12.4 Å². The summed E-state index contributed by atoms with van der Waals surface area (Å²) in [5.41, 5.74) is 1.54. The first-order chi connectivity index (χ1) is 11.4. The van der Waals surface area contributed by atoms with E-state index in [1.807, 2.05) is 39.0 Å². The normalized spacial score (nSPS) is 18.8. The van der Waals surface area contributed by atoms with Gasteiger partial charge in [-0.05, 0) is 45.7 Å². The summed E-state index contributed by atoms with van der Waals surface area (Å²) in [4.78, 5) is 18.8. The molecule has 1 saturated heterocycles. The van der Waals surface area contributed by atoms with Crippen LogP contribution in [0.2, 0.25) is 0 Å². The van der Waals surface area contributed by atoms with E-state index in [4.69, 9.17) is 16.3 Å². The van der Waals surface area contributed by atoms with E-state index in [9.17, 15) is 4.79 Å². The number of carbonyl (C=O) groups excluding carboxylic acids is 1. The highest BCUT2D eigenvalue weighted by Gasteiger charge is 2.30. The molecule has 6 heteroatoms. The van der Waals surface area contributed by atoms with Crippen molar-refractivity contribution in [1.82, 2.24) is 14.5 Å². The minimum atomic E-state index is -0.479. The molecular weight excluding hydrogens is 326 g/mol. The second-order valence-electron chi connectivity index (χ2n) is 7.24. The number of para-hydroxylation sites is 2. The van der Waals surface area contributed by atoms with Crippen LogP contribution in [0, 0.1) is 0 Å². The second-order valence-corrected chi connectivity index (χ2v) is 7.51. The maximum absolute atomic E-state index is 12.4. The molecule has 1 aliphatic rings. The van der Waals surface area contributed by atoms with Crippen LogP contribution < -0.4 is 0 Å². The molecule has 24 heavy (non-hydrogen) atoms. The summed E-state index contributed by atoms with van der Waals surface area (Å²) in [5, 5.41) is 0. The molecule has 5 nitrogen and oxygen atoms in total. The number of imidazole rings is 1. The summed E-state index contributed by atoms with van der Waals surface area (Å²) in [6.07, 6.45) is 1.70. The molecular formula is C18H24ClN3O2. The molecule has 1 aromatic heterocycles. The molecule has 0 radical (unpaired) electrons. The van der Waals surface area contributed by atoms with Crippen LogP contribution in [-0.4, -0.2) is 39.2 Å². The molecule has 1 aromatic carbocycles. The van der Waals surface area contributed by atoms with Crippen LogP contribution in [0.15, 0.2) is 24.3 Å². The first-order valence-corrected chi connectivity index (χ1v) is 8.92. The SMILES string of the molecule is CC(C)(C)OC(=O)N1CCCC(n2c(CCl)nc3ccccc32)C1. The van der Waals surface area contributed by atoms with Crippen LogP contribution in [0.4, 0.5) is 4.79 Å². The third-order valence-electron chi connectivity index (χ3n) is 4.20. The molecule has 1 unspecified atom stereocenters. The van der Waals surface area contributed by atoms with Crippen LogP contribution in [0.1, 0.15) is 45.5 Å². The lowest BCUT2D eigenvalue weighted by atomic mass is 10.1. The average Bonchev–Trinajstić information content (AvgIpc) is 2.92. The Balaban J connectivity index is 1.86. The van der Waals surface area contributed by atoms with Gasteiger partial charge in [0.25, 0.3) is 0 Å². The van der Waals surface area contributed by atoms with Gasteiger partial charge in [0.1, 0.15) is 11.4 Å². The number of alkyl halides is 1. The number of benzene rings is 1. The summed E-state index contributed by atoms with van der Waals surface area (Å²) >= 11 is 6.12. The van der Waals surface area contributed by atoms with Gasteiger partial charge in [0.15, 0.2) is 0 Å². The van der Waals surface area contributed by atoms with Gasteiger partial charge in [-0.3, -0.25) is 0 Å². The Morgan fingerprint density at radius 2 is 2.12 bits per heavy atom. The van der Waals surface area contributed by atoms with E-state index in [1.165, 1.54) is 0 Å². The predicted molar refractivity (Wildman–Crippen MR) is 95.4 cm³/mol. The van der Waals surface area contributed by atoms with Gasteiger partial charge in [0.2, 0.25) is 0 Å². The molecule has 1 aliphatic heterocycles. The first-order valence-electron chi connectivity index (χ1n) is 8.39. The zero-order valence-corrected chi connectivity index (χ0v) is 15.2. The second kappa shape index (κ2) is 6.63. The Morgan fingerprint density at radius 1 is 1.38 bits per heavy atom. The predicted octanol–water partition coefficient (Wildman–Crippen LogP) is 4.35.